The number of ether oxygens (including phenoxy) is 1. The molecule has 1 unspecified atom stereocenters. The lowest BCUT2D eigenvalue weighted by Crippen LogP contribution is -2.34. The average Bonchev–Trinajstić information content (AvgIpc) is 2.29. The Morgan fingerprint density at radius 1 is 1.56 bits per heavy atom. The van der Waals surface area contributed by atoms with Gasteiger partial charge in [0, 0.05) is 12.7 Å². The fourth-order valence-electron chi connectivity index (χ4n) is 1.50. The van der Waals surface area contributed by atoms with Crippen molar-refractivity contribution in [3.63, 3.8) is 0 Å². The fourth-order valence-corrected chi connectivity index (χ4v) is 1.79. The molecular formula is C11H13BrN2O2. The van der Waals surface area contributed by atoms with Crippen molar-refractivity contribution >= 4 is 33.2 Å². The molecule has 1 heterocycles. The van der Waals surface area contributed by atoms with Crippen LogP contribution in [0, 0.1) is 0 Å². The Kier molecular flexibility index (Phi) is 3.05. The molecule has 16 heavy (non-hydrogen) atoms. The van der Waals surface area contributed by atoms with Crippen molar-refractivity contribution in [2.75, 3.05) is 22.7 Å². The Hall–Kier alpha value is -1.23. The predicted molar refractivity (Wildman–Crippen MR) is 67.4 cm³/mol. The van der Waals surface area contributed by atoms with E-state index < -0.39 is 6.10 Å². The second-order valence-electron chi connectivity index (χ2n) is 3.75. The van der Waals surface area contributed by atoms with Crippen LogP contribution in [-0.2, 0) is 4.79 Å². The number of alkyl halides is 1. The van der Waals surface area contributed by atoms with E-state index in [0.717, 1.165) is 22.6 Å². The fraction of sp³-hybridized carbons (Fsp3) is 0.364. The maximum absolute atomic E-state index is 11.4. The first-order valence-electron chi connectivity index (χ1n) is 5.00. The van der Waals surface area contributed by atoms with Crippen LogP contribution in [0.25, 0.3) is 0 Å². The summed E-state index contributed by atoms with van der Waals surface area (Å²) < 4.78 is 5.47. The van der Waals surface area contributed by atoms with E-state index in [2.05, 4.69) is 21.2 Å². The van der Waals surface area contributed by atoms with E-state index >= 15 is 0 Å². The summed E-state index contributed by atoms with van der Waals surface area (Å²) in [5.74, 6) is 0.616. The van der Waals surface area contributed by atoms with Crippen LogP contribution in [-0.4, -0.2) is 24.5 Å². The molecule has 0 radical (unpaired) electrons. The zero-order chi connectivity index (χ0) is 11.7. The van der Waals surface area contributed by atoms with E-state index in [1.807, 2.05) is 30.1 Å². The number of halogens is 1. The molecule has 1 aliphatic heterocycles. The topological polar surface area (TPSA) is 41.6 Å². The van der Waals surface area contributed by atoms with E-state index in [1.54, 1.807) is 6.92 Å². The molecule has 2 rings (SSSR count). The monoisotopic (exact) mass is 284 g/mol. The van der Waals surface area contributed by atoms with Gasteiger partial charge in [-0.15, -0.1) is 0 Å². The van der Waals surface area contributed by atoms with E-state index in [0.29, 0.717) is 0 Å². The highest BCUT2D eigenvalue weighted by molar-refractivity contribution is 9.09. The first-order chi connectivity index (χ1) is 7.61. The zero-order valence-corrected chi connectivity index (χ0v) is 10.7. The summed E-state index contributed by atoms with van der Waals surface area (Å²) >= 11 is 3.38. The van der Waals surface area contributed by atoms with Gasteiger partial charge in [-0.05, 0) is 25.1 Å². The second-order valence-corrected chi connectivity index (χ2v) is 4.25. The highest BCUT2D eigenvalue weighted by Crippen LogP contribution is 2.33. The van der Waals surface area contributed by atoms with Crippen LogP contribution in [0.5, 0.6) is 5.75 Å². The molecule has 0 spiro atoms. The van der Waals surface area contributed by atoms with Gasteiger partial charge in [0.2, 0.25) is 0 Å². The van der Waals surface area contributed by atoms with Gasteiger partial charge in [0.15, 0.2) is 6.10 Å². The summed E-state index contributed by atoms with van der Waals surface area (Å²) in [4.78, 5) is 13.5. The Bertz CT molecular complexity index is 422. The predicted octanol–water partition coefficient (Wildman–Crippen LogP) is 2.19. The van der Waals surface area contributed by atoms with Crippen molar-refractivity contribution in [2.24, 2.45) is 0 Å². The summed E-state index contributed by atoms with van der Waals surface area (Å²) in [6.07, 6.45) is -0.424. The summed E-state index contributed by atoms with van der Waals surface area (Å²) in [6, 6.07) is 5.74. The first kappa shape index (κ1) is 11.3. The van der Waals surface area contributed by atoms with Crippen molar-refractivity contribution in [3.05, 3.63) is 18.2 Å². The Morgan fingerprint density at radius 3 is 3.00 bits per heavy atom. The van der Waals surface area contributed by atoms with Gasteiger partial charge in [-0.1, -0.05) is 15.9 Å². The molecule has 0 fully saturated rings. The third-order valence-electron chi connectivity index (χ3n) is 2.51. The molecule has 1 N–H and O–H groups in total. The molecular weight excluding hydrogens is 272 g/mol. The SMILES string of the molecule is CC1Oc2ccc(N(C)CBr)cc2NC1=O. The molecule has 0 saturated carbocycles. The minimum atomic E-state index is -0.424. The molecule has 4 nitrogen and oxygen atoms in total. The van der Waals surface area contributed by atoms with Crippen LogP contribution >= 0.6 is 15.9 Å². The summed E-state index contributed by atoms with van der Waals surface area (Å²) in [7, 11) is 1.96. The van der Waals surface area contributed by atoms with Gasteiger partial charge in [-0.2, -0.15) is 0 Å². The Balaban J connectivity index is 2.32. The normalized spacial score (nSPS) is 18.4. The number of anilines is 2. The van der Waals surface area contributed by atoms with Crippen molar-refractivity contribution in [1.29, 1.82) is 0 Å². The van der Waals surface area contributed by atoms with Gasteiger partial charge in [-0.3, -0.25) is 4.79 Å². The minimum Gasteiger partial charge on any atom is -0.479 e. The maximum atomic E-state index is 11.4. The van der Waals surface area contributed by atoms with Gasteiger partial charge >= 0.3 is 0 Å². The lowest BCUT2D eigenvalue weighted by Gasteiger charge is -2.25. The number of carbonyl (C=O) groups excluding carboxylic acids is 1. The van der Waals surface area contributed by atoms with Crippen LogP contribution in [0.15, 0.2) is 18.2 Å². The number of hydrogen-bond acceptors (Lipinski definition) is 3. The van der Waals surface area contributed by atoms with Crippen molar-refractivity contribution in [1.82, 2.24) is 0 Å². The zero-order valence-electron chi connectivity index (χ0n) is 9.16. The molecule has 1 amide bonds. The molecule has 86 valence electrons. The summed E-state index contributed by atoms with van der Waals surface area (Å²) in [6.45, 7) is 1.73. The highest BCUT2D eigenvalue weighted by Gasteiger charge is 2.23. The number of amides is 1. The van der Waals surface area contributed by atoms with Crippen LogP contribution in [0.1, 0.15) is 6.92 Å². The van der Waals surface area contributed by atoms with Gasteiger partial charge in [-0.25, -0.2) is 0 Å². The number of hydrogen-bond donors (Lipinski definition) is 1. The molecule has 1 atom stereocenters. The van der Waals surface area contributed by atoms with Crippen molar-refractivity contribution in [3.8, 4) is 5.75 Å². The molecule has 5 heteroatoms. The van der Waals surface area contributed by atoms with Gasteiger partial charge < -0.3 is 15.0 Å². The molecule has 0 aliphatic carbocycles. The highest BCUT2D eigenvalue weighted by atomic mass is 79.9. The molecule has 1 aromatic carbocycles. The third-order valence-corrected chi connectivity index (χ3v) is 3.27. The maximum Gasteiger partial charge on any atom is 0.265 e. The third kappa shape index (κ3) is 2.00. The summed E-state index contributed by atoms with van der Waals surface area (Å²) in [5.41, 5.74) is 2.49. The second kappa shape index (κ2) is 4.33. The van der Waals surface area contributed by atoms with E-state index in [4.69, 9.17) is 4.74 Å². The number of rotatable bonds is 2. The average molecular weight is 285 g/mol. The molecule has 0 aromatic heterocycles. The van der Waals surface area contributed by atoms with Gasteiger partial charge in [0.25, 0.3) is 5.91 Å². The lowest BCUT2D eigenvalue weighted by atomic mass is 10.2. The number of benzene rings is 1. The van der Waals surface area contributed by atoms with Crippen LogP contribution in [0.2, 0.25) is 0 Å². The number of nitrogens with one attached hydrogen (secondary N) is 1. The van der Waals surface area contributed by atoms with Gasteiger partial charge in [0.05, 0.1) is 11.1 Å². The van der Waals surface area contributed by atoms with Crippen LogP contribution in [0.3, 0.4) is 0 Å². The number of carbonyl (C=O) groups is 1. The Labute approximate surface area is 103 Å². The molecule has 0 saturated heterocycles. The largest absolute Gasteiger partial charge is 0.479 e. The van der Waals surface area contributed by atoms with Crippen LogP contribution in [0.4, 0.5) is 11.4 Å². The molecule has 0 bridgehead atoms. The van der Waals surface area contributed by atoms with E-state index in [9.17, 15) is 4.79 Å². The standard InChI is InChI=1S/C11H13BrN2O2/c1-7-11(15)13-9-5-8(14(2)6-12)3-4-10(9)16-7/h3-5,7H,6H2,1-2H3,(H,13,15). The first-order valence-corrected chi connectivity index (χ1v) is 6.12. The summed E-state index contributed by atoms with van der Waals surface area (Å²) in [5, 5.41) is 2.82. The van der Waals surface area contributed by atoms with E-state index in [-0.39, 0.29) is 5.91 Å². The van der Waals surface area contributed by atoms with Crippen LogP contribution < -0.4 is 15.0 Å². The van der Waals surface area contributed by atoms with Gasteiger partial charge in [0.1, 0.15) is 5.75 Å². The molecule has 1 aromatic rings. The number of fused-ring (bicyclic) bond motifs is 1. The van der Waals surface area contributed by atoms with Crippen molar-refractivity contribution < 1.29 is 9.53 Å². The lowest BCUT2D eigenvalue weighted by molar-refractivity contribution is -0.122. The quantitative estimate of drug-likeness (QED) is 0.669. The van der Waals surface area contributed by atoms with Crippen molar-refractivity contribution in [2.45, 2.75) is 13.0 Å². The number of nitrogens with zero attached hydrogens (tertiary/aromatic N) is 1. The molecule has 1 aliphatic rings. The van der Waals surface area contributed by atoms with E-state index in [1.165, 1.54) is 0 Å². The minimum absolute atomic E-state index is 0.105. The Morgan fingerprint density at radius 2 is 2.31 bits per heavy atom. The smallest absolute Gasteiger partial charge is 0.265 e.